The van der Waals surface area contributed by atoms with E-state index in [9.17, 15) is 39.6 Å². The van der Waals surface area contributed by atoms with E-state index < -0.39 is 48.3 Å². The summed E-state index contributed by atoms with van der Waals surface area (Å²) in [5, 5.41) is 43.2. The molecule has 0 aromatic carbocycles. The number of carbonyl (C=O) groups excluding carboxylic acids is 4. The number of piperazine rings is 1. The van der Waals surface area contributed by atoms with E-state index in [0.717, 1.165) is 49.2 Å². The molecular formula is C28H52N4O8S2. The van der Waals surface area contributed by atoms with Crippen molar-refractivity contribution >= 4 is 45.6 Å². The lowest BCUT2D eigenvalue weighted by Gasteiger charge is -2.28. The highest BCUT2D eigenvalue weighted by Crippen LogP contribution is 2.16. The number of thioether (sulfide) groups is 2. The third-order valence-electron chi connectivity index (χ3n) is 6.36. The summed E-state index contributed by atoms with van der Waals surface area (Å²) < 4.78 is 0. The number of hydrogen-bond acceptors (Lipinski definition) is 12. The molecule has 0 aromatic heterocycles. The van der Waals surface area contributed by atoms with E-state index in [0.29, 0.717) is 50.8 Å². The van der Waals surface area contributed by atoms with Gasteiger partial charge in [0.05, 0.1) is 24.4 Å². The molecule has 1 aliphatic rings. The molecule has 1 rings (SSSR count). The minimum absolute atomic E-state index is 0.130. The highest BCUT2D eigenvalue weighted by Gasteiger charge is 2.35. The molecule has 0 bridgehead atoms. The molecular weight excluding hydrogens is 584 g/mol. The Morgan fingerprint density at radius 3 is 1.24 bits per heavy atom. The molecule has 2 amide bonds. The van der Waals surface area contributed by atoms with E-state index in [4.69, 9.17) is 0 Å². The van der Waals surface area contributed by atoms with Gasteiger partial charge >= 0.3 is 0 Å². The van der Waals surface area contributed by atoms with E-state index in [-0.39, 0.29) is 23.1 Å². The maximum absolute atomic E-state index is 12.5. The second kappa shape index (κ2) is 21.4. The Kier molecular flexibility index (Phi) is 19.8. The predicted molar refractivity (Wildman–Crippen MR) is 166 cm³/mol. The normalized spacial score (nSPS) is 20.2. The summed E-state index contributed by atoms with van der Waals surface area (Å²) in [4.78, 5) is 53.8. The SMILES string of the molecule is CC(O)CN(CCCCSC(=O)CC1NC(=O)C(CC(=O)SCCCCN(CC(C)O)CC(C)O)NC1=O)CC(C)O. The minimum atomic E-state index is -0.963. The van der Waals surface area contributed by atoms with Crippen LogP contribution in [0.1, 0.15) is 66.2 Å². The predicted octanol–water partition coefficient (Wildman–Crippen LogP) is -0.0430. The summed E-state index contributed by atoms with van der Waals surface area (Å²) >= 11 is 2.22. The number of aliphatic hydroxyl groups excluding tert-OH is 4. The zero-order chi connectivity index (χ0) is 31.7. The molecule has 6 N–H and O–H groups in total. The van der Waals surface area contributed by atoms with Crippen LogP contribution in [0.25, 0.3) is 0 Å². The fraction of sp³-hybridized carbons (Fsp3) is 0.857. The standard InChI is InChI=1S/C28H52N4O8S2/c1-19(33)15-31(16-20(2)34)9-5-7-11-41-25(37)13-23-27(39)30-24(28(40)29-23)14-26(38)42-12-8-6-10-32(17-21(3)35)18-22(4)36/h19-24,33-36H,5-18H2,1-4H3,(H,29,40)(H,30,39). The number of nitrogens with zero attached hydrogens (tertiary/aromatic N) is 2. The van der Waals surface area contributed by atoms with Gasteiger partial charge in [0, 0.05) is 50.5 Å². The minimum Gasteiger partial charge on any atom is -0.392 e. The van der Waals surface area contributed by atoms with Gasteiger partial charge in [-0.25, -0.2) is 0 Å². The topological polar surface area (TPSA) is 180 Å². The third kappa shape index (κ3) is 18.4. The van der Waals surface area contributed by atoms with Crippen molar-refractivity contribution in [2.75, 3.05) is 50.8 Å². The van der Waals surface area contributed by atoms with Crippen molar-refractivity contribution in [3.8, 4) is 0 Å². The first kappa shape index (κ1) is 38.8. The van der Waals surface area contributed by atoms with Gasteiger partial charge < -0.3 is 31.1 Å². The zero-order valence-corrected chi connectivity index (χ0v) is 27.1. The lowest BCUT2D eigenvalue weighted by atomic mass is 10.1. The molecule has 1 heterocycles. The molecule has 42 heavy (non-hydrogen) atoms. The summed E-state index contributed by atoms with van der Waals surface area (Å²) in [5.41, 5.74) is 0. The maximum Gasteiger partial charge on any atom is 0.243 e. The number of aliphatic hydroxyl groups is 4. The quantitative estimate of drug-likeness (QED) is 0.0875. The second-order valence-electron chi connectivity index (χ2n) is 11.3. The van der Waals surface area contributed by atoms with Crippen molar-refractivity contribution in [1.82, 2.24) is 20.4 Å². The third-order valence-corrected chi connectivity index (χ3v) is 8.32. The van der Waals surface area contributed by atoms with Gasteiger partial charge in [-0.2, -0.15) is 0 Å². The van der Waals surface area contributed by atoms with Gasteiger partial charge in [0.1, 0.15) is 12.1 Å². The number of rotatable bonds is 22. The number of hydrogen-bond donors (Lipinski definition) is 6. The molecule has 1 saturated heterocycles. The van der Waals surface area contributed by atoms with E-state index in [1.807, 2.05) is 9.80 Å². The average Bonchev–Trinajstić information content (AvgIpc) is 2.85. The van der Waals surface area contributed by atoms with Gasteiger partial charge in [-0.1, -0.05) is 23.5 Å². The van der Waals surface area contributed by atoms with Crippen LogP contribution in [0.5, 0.6) is 0 Å². The van der Waals surface area contributed by atoms with Crippen molar-refractivity contribution in [2.24, 2.45) is 0 Å². The summed E-state index contributed by atoms with van der Waals surface area (Å²) in [6.07, 6.45) is 0.837. The fourth-order valence-corrected chi connectivity index (χ4v) is 6.39. The van der Waals surface area contributed by atoms with Crippen molar-refractivity contribution in [2.45, 2.75) is 103 Å². The first-order valence-corrected chi connectivity index (χ1v) is 16.8. The summed E-state index contributed by atoms with van der Waals surface area (Å²) in [5.74, 6) is 0.168. The molecule has 6 atom stereocenters. The Hall–Kier alpha value is -1.26. The van der Waals surface area contributed by atoms with Crippen LogP contribution >= 0.6 is 23.5 Å². The van der Waals surface area contributed by atoms with Crippen LogP contribution < -0.4 is 10.6 Å². The molecule has 6 unspecified atom stereocenters. The van der Waals surface area contributed by atoms with Gasteiger partial charge in [-0.3, -0.25) is 29.0 Å². The summed E-state index contributed by atoms with van der Waals surface area (Å²) in [6.45, 7) is 10.0. The van der Waals surface area contributed by atoms with Crippen LogP contribution in [-0.4, -0.2) is 140 Å². The average molecular weight is 637 g/mol. The monoisotopic (exact) mass is 636 g/mol. The highest BCUT2D eigenvalue weighted by molar-refractivity contribution is 8.13. The largest absolute Gasteiger partial charge is 0.392 e. The molecule has 0 saturated carbocycles. The van der Waals surface area contributed by atoms with Crippen LogP contribution in [0.3, 0.4) is 0 Å². The Labute approximate surface area is 258 Å². The Morgan fingerprint density at radius 2 is 0.952 bits per heavy atom. The smallest absolute Gasteiger partial charge is 0.243 e. The number of unbranched alkanes of at least 4 members (excludes halogenated alkanes) is 2. The van der Waals surface area contributed by atoms with Gasteiger partial charge in [-0.05, 0) is 66.5 Å². The van der Waals surface area contributed by atoms with Crippen LogP contribution in [0.2, 0.25) is 0 Å². The van der Waals surface area contributed by atoms with E-state index in [1.54, 1.807) is 27.7 Å². The number of nitrogens with one attached hydrogen (secondary N) is 2. The van der Waals surface area contributed by atoms with Crippen LogP contribution in [-0.2, 0) is 19.2 Å². The summed E-state index contributed by atoms with van der Waals surface area (Å²) in [6, 6.07) is -1.93. The van der Waals surface area contributed by atoms with Gasteiger partial charge in [-0.15, -0.1) is 0 Å². The Morgan fingerprint density at radius 1 is 0.643 bits per heavy atom. The molecule has 0 radical (unpaired) electrons. The van der Waals surface area contributed by atoms with Crippen molar-refractivity contribution in [3.63, 3.8) is 0 Å². The lowest BCUT2D eigenvalue weighted by molar-refractivity contribution is -0.138. The summed E-state index contributed by atoms with van der Waals surface area (Å²) in [7, 11) is 0. The highest BCUT2D eigenvalue weighted by atomic mass is 32.2. The fourth-order valence-electron chi connectivity index (χ4n) is 4.67. The van der Waals surface area contributed by atoms with E-state index in [1.165, 1.54) is 0 Å². The van der Waals surface area contributed by atoms with Gasteiger partial charge in [0.15, 0.2) is 10.2 Å². The second-order valence-corrected chi connectivity index (χ2v) is 13.6. The van der Waals surface area contributed by atoms with Gasteiger partial charge in [0.2, 0.25) is 11.8 Å². The molecule has 1 fully saturated rings. The molecule has 0 spiro atoms. The van der Waals surface area contributed by atoms with Gasteiger partial charge in [0.25, 0.3) is 0 Å². The van der Waals surface area contributed by atoms with Crippen molar-refractivity contribution < 1.29 is 39.6 Å². The zero-order valence-electron chi connectivity index (χ0n) is 25.5. The first-order valence-electron chi connectivity index (χ1n) is 14.9. The molecule has 244 valence electrons. The molecule has 0 aromatic rings. The first-order chi connectivity index (χ1) is 19.8. The maximum atomic E-state index is 12.5. The molecule has 0 aliphatic carbocycles. The molecule has 1 aliphatic heterocycles. The van der Waals surface area contributed by atoms with Crippen LogP contribution in [0, 0.1) is 0 Å². The Bertz CT molecular complexity index is 746. The van der Waals surface area contributed by atoms with Crippen LogP contribution in [0.15, 0.2) is 0 Å². The molecule has 14 heteroatoms. The number of carbonyl (C=O) groups is 4. The van der Waals surface area contributed by atoms with E-state index >= 15 is 0 Å². The Balaban J connectivity index is 2.30. The lowest BCUT2D eigenvalue weighted by Crippen LogP contribution is -2.62. The molecule has 12 nitrogen and oxygen atoms in total. The van der Waals surface area contributed by atoms with Crippen molar-refractivity contribution in [3.05, 3.63) is 0 Å². The number of amides is 2. The van der Waals surface area contributed by atoms with E-state index in [2.05, 4.69) is 10.6 Å². The van der Waals surface area contributed by atoms with Crippen molar-refractivity contribution in [1.29, 1.82) is 0 Å². The van der Waals surface area contributed by atoms with Crippen LogP contribution in [0.4, 0.5) is 0 Å².